The van der Waals surface area contributed by atoms with Crippen LogP contribution in [-0.4, -0.2) is 35.0 Å². The third-order valence-electron chi connectivity index (χ3n) is 4.17. The van der Waals surface area contributed by atoms with E-state index in [2.05, 4.69) is 23.9 Å². The Kier molecular flexibility index (Phi) is 3.85. The van der Waals surface area contributed by atoms with E-state index in [1.807, 2.05) is 0 Å². The van der Waals surface area contributed by atoms with Gasteiger partial charge in [-0.25, -0.2) is 0 Å². The van der Waals surface area contributed by atoms with Crippen LogP contribution in [0.1, 0.15) is 46.0 Å². The summed E-state index contributed by atoms with van der Waals surface area (Å²) in [4.78, 5) is 2.54. The maximum absolute atomic E-state index is 9.21. The molecule has 2 saturated carbocycles. The normalized spacial score (nSPS) is 35.4. The third-order valence-corrected chi connectivity index (χ3v) is 4.17. The molecule has 16 heavy (non-hydrogen) atoms. The molecule has 2 aliphatic rings. The van der Waals surface area contributed by atoms with Gasteiger partial charge in [-0.3, -0.25) is 4.90 Å². The van der Waals surface area contributed by atoms with Crippen LogP contribution in [0.2, 0.25) is 0 Å². The van der Waals surface area contributed by atoms with E-state index in [0.717, 1.165) is 24.7 Å². The van der Waals surface area contributed by atoms with Crippen LogP contribution < -0.4 is 0 Å². The molecule has 0 aliphatic heterocycles. The summed E-state index contributed by atoms with van der Waals surface area (Å²) in [5.41, 5.74) is 1.08. The molecule has 0 amide bonds. The number of rotatable bonds is 5. The highest BCUT2D eigenvalue weighted by molar-refractivity contribution is 5.94. The molecule has 3 heteroatoms. The number of oxime groups is 1. The Morgan fingerprint density at radius 2 is 1.94 bits per heavy atom. The largest absolute Gasteiger partial charge is 0.411 e. The van der Waals surface area contributed by atoms with Gasteiger partial charge in [0.05, 0.1) is 11.8 Å². The lowest BCUT2D eigenvalue weighted by atomic mass is 9.91. The van der Waals surface area contributed by atoms with Crippen molar-refractivity contribution < 1.29 is 5.21 Å². The molecule has 3 nitrogen and oxygen atoms in total. The Bertz CT molecular complexity index is 259. The second-order valence-electron chi connectivity index (χ2n) is 5.28. The Morgan fingerprint density at radius 3 is 2.50 bits per heavy atom. The summed E-state index contributed by atoms with van der Waals surface area (Å²) >= 11 is 0. The number of hydrogen-bond acceptors (Lipinski definition) is 3. The van der Waals surface area contributed by atoms with Gasteiger partial charge in [0.15, 0.2) is 0 Å². The van der Waals surface area contributed by atoms with Gasteiger partial charge in [-0.05, 0) is 51.1 Å². The highest BCUT2D eigenvalue weighted by Crippen LogP contribution is 2.45. The molecule has 3 atom stereocenters. The van der Waals surface area contributed by atoms with Gasteiger partial charge in [0.1, 0.15) is 0 Å². The third kappa shape index (κ3) is 1.97. The SMILES string of the molecule is CCCN(CCC)C1/C(=N\O)C2CCC1C2. The molecule has 2 rings (SSSR count). The van der Waals surface area contributed by atoms with Crippen LogP contribution in [-0.2, 0) is 0 Å². The van der Waals surface area contributed by atoms with Crippen molar-refractivity contribution in [3.63, 3.8) is 0 Å². The second kappa shape index (κ2) is 5.17. The van der Waals surface area contributed by atoms with Crippen molar-refractivity contribution >= 4 is 5.71 Å². The van der Waals surface area contributed by atoms with Gasteiger partial charge in [0.2, 0.25) is 0 Å². The first-order valence-corrected chi connectivity index (χ1v) is 6.77. The van der Waals surface area contributed by atoms with E-state index in [4.69, 9.17) is 0 Å². The predicted octanol–water partition coefficient (Wildman–Crippen LogP) is 2.74. The average Bonchev–Trinajstić information content (AvgIpc) is 2.88. The summed E-state index contributed by atoms with van der Waals surface area (Å²) in [6.07, 6.45) is 6.21. The Balaban J connectivity index is 2.10. The molecule has 0 spiro atoms. The summed E-state index contributed by atoms with van der Waals surface area (Å²) < 4.78 is 0. The highest BCUT2D eigenvalue weighted by Gasteiger charge is 2.47. The van der Waals surface area contributed by atoms with Crippen molar-refractivity contribution in [3.05, 3.63) is 0 Å². The van der Waals surface area contributed by atoms with Crippen molar-refractivity contribution in [2.45, 2.75) is 52.0 Å². The smallest absolute Gasteiger partial charge is 0.0775 e. The van der Waals surface area contributed by atoms with E-state index in [1.54, 1.807) is 0 Å². The topological polar surface area (TPSA) is 35.8 Å². The lowest BCUT2D eigenvalue weighted by Gasteiger charge is -2.34. The fourth-order valence-corrected chi connectivity index (χ4v) is 3.65. The monoisotopic (exact) mass is 224 g/mol. The van der Waals surface area contributed by atoms with E-state index in [0.29, 0.717) is 12.0 Å². The van der Waals surface area contributed by atoms with E-state index < -0.39 is 0 Å². The summed E-state index contributed by atoms with van der Waals surface area (Å²) in [5, 5.41) is 12.8. The quantitative estimate of drug-likeness (QED) is 0.576. The zero-order valence-corrected chi connectivity index (χ0v) is 10.5. The molecule has 92 valence electrons. The van der Waals surface area contributed by atoms with E-state index in [1.165, 1.54) is 32.1 Å². The minimum absolute atomic E-state index is 0.448. The summed E-state index contributed by atoms with van der Waals surface area (Å²) in [6, 6.07) is 0.448. The molecule has 1 N–H and O–H groups in total. The minimum Gasteiger partial charge on any atom is -0.411 e. The number of nitrogens with zero attached hydrogens (tertiary/aromatic N) is 2. The maximum atomic E-state index is 9.21. The number of hydrogen-bond donors (Lipinski definition) is 1. The van der Waals surface area contributed by atoms with Gasteiger partial charge < -0.3 is 5.21 Å². The summed E-state index contributed by atoms with van der Waals surface area (Å²) in [6.45, 7) is 6.73. The first kappa shape index (κ1) is 11.9. The standard InChI is InChI=1S/C13H24N2O/c1-3-7-15(8-4-2)13-11-6-5-10(9-11)12(13)14-16/h10-11,13,16H,3-9H2,1-2H3/b14-12-. The second-order valence-corrected chi connectivity index (χ2v) is 5.28. The molecule has 2 aliphatic carbocycles. The van der Waals surface area contributed by atoms with Crippen molar-refractivity contribution in [1.82, 2.24) is 4.90 Å². The van der Waals surface area contributed by atoms with Crippen LogP contribution in [0.5, 0.6) is 0 Å². The van der Waals surface area contributed by atoms with Crippen LogP contribution in [0.4, 0.5) is 0 Å². The summed E-state index contributed by atoms with van der Waals surface area (Å²) in [5.74, 6) is 1.34. The molecule has 2 fully saturated rings. The van der Waals surface area contributed by atoms with Crippen LogP contribution in [0.25, 0.3) is 0 Å². The Hall–Kier alpha value is -0.570. The Labute approximate surface area is 98.5 Å². The molecule has 0 saturated heterocycles. The van der Waals surface area contributed by atoms with Crippen LogP contribution >= 0.6 is 0 Å². The number of fused-ring (bicyclic) bond motifs is 2. The maximum Gasteiger partial charge on any atom is 0.0775 e. The molecule has 0 heterocycles. The first-order chi connectivity index (χ1) is 7.81. The molecule has 3 unspecified atom stereocenters. The molecular weight excluding hydrogens is 200 g/mol. The lowest BCUT2D eigenvalue weighted by Crippen LogP contribution is -2.45. The molecule has 2 bridgehead atoms. The summed E-state index contributed by atoms with van der Waals surface area (Å²) in [7, 11) is 0. The van der Waals surface area contributed by atoms with Gasteiger partial charge >= 0.3 is 0 Å². The zero-order chi connectivity index (χ0) is 11.5. The van der Waals surface area contributed by atoms with E-state index >= 15 is 0 Å². The van der Waals surface area contributed by atoms with Crippen molar-refractivity contribution in [1.29, 1.82) is 0 Å². The van der Waals surface area contributed by atoms with Crippen LogP contribution in [0.3, 0.4) is 0 Å². The fourth-order valence-electron chi connectivity index (χ4n) is 3.65. The zero-order valence-electron chi connectivity index (χ0n) is 10.5. The minimum atomic E-state index is 0.448. The molecule has 0 aromatic heterocycles. The molecule has 0 aromatic rings. The van der Waals surface area contributed by atoms with Crippen molar-refractivity contribution in [2.24, 2.45) is 17.0 Å². The fraction of sp³-hybridized carbons (Fsp3) is 0.923. The van der Waals surface area contributed by atoms with E-state index in [-0.39, 0.29) is 0 Å². The molecule has 0 aromatic carbocycles. The van der Waals surface area contributed by atoms with Crippen LogP contribution in [0.15, 0.2) is 5.16 Å². The van der Waals surface area contributed by atoms with Gasteiger partial charge in [-0.15, -0.1) is 0 Å². The van der Waals surface area contributed by atoms with Gasteiger partial charge in [0.25, 0.3) is 0 Å². The first-order valence-electron chi connectivity index (χ1n) is 6.77. The average molecular weight is 224 g/mol. The Morgan fingerprint density at radius 1 is 1.25 bits per heavy atom. The van der Waals surface area contributed by atoms with Crippen molar-refractivity contribution in [2.75, 3.05) is 13.1 Å². The predicted molar refractivity (Wildman–Crippen MR) is 66.0 cm³/mol. The lowest BCUT2D eigenvalue weighted by molar-refractivity contribution is 0.191. The van der Waals surface area contributed by atoms with Gasteiger partial charge in [-0.2, -0.15) is 0 Å². The highest BCUT2D eigenvalue weighted by atomic mass is 16.4. The molecule has 0 radical (unpaired) electrons. The van der Waals surface area contributed by atoms with Crippen LogP contribution in [0, 0.1) is 11.8 Å². The van der Waals surface area contributed by atoms with Crippen molar-refractivity contribution in [3.8, 4) is 0 Å². The van der Waals surface area contributed by atoms with Gasteiger partial charge in [-0.1, -0.05) is 19.0 Å². The van der Waals surface area contributed by atoms with Gasteiger partial charge in [0, 0.05) is 5.92 Å². The van der Waals surface area contributed by atoms with E-state index in [9.17, 15) is 5.21 Å². The molecular formula is C13H24N2O.